The van der Waals surface area contributed by atoms with Crippen LogP contribution in [0.2, 0.25) is 0 Å². The van der Waals surface area contributed by atoms with Crippen LogP contribution < -0.4 is 9.80 Å². The number of rotatable bonds is 4. The Bertz CT molecular complexity index is 1030. The van der Waals surface area contributed by atoms with Gasteiger partial charge in [0.2, 0.25) is 0 Å². The van der Waals surface area contributed by atoms with Gasteiger partial charge in [-0.2, -0.15) is 0 Å². The summed E-state index contributed by atoms with van der Waals surface area (Å²) in [7, 11) is 0. The number of halogens is 2. The normalized spacial score (nSPS) is 17.4. The number of anilines is 2. The quantitative estimate of drug-likeness (QED) is 0.669. The number of hydrogen-bond donors (Lipinski definition) is 0. The Balaban J connectivity index is 1.39. The topological polar surface area (TPSA) is 70.9 Å². The highest BCUT2D eigenvalue weighted by atomic mass is 19.3. The zero-order valence-corrected chi connectivity index (χ0v) is 16.1. The van der Waals surface area contributed by atoms with E-state index < -0.39 is 6.43 Å². The second kappa shape index (κ2) is 7.13. The second-order valence-corrected chi connectivity index (χ2v) is 7.55. The van der Waals surface area contributed by atoms with Crippen molar-refractivity contribution < 1.29 is 8.78 Å². The summed E-state index contributed by atoms with van der Waals surface area (Å²) in [6.45, 7) is 4.68. The van der Waals surface area contributed by atoms with Crippen LogP contribution in [0, 0.1) is 6.92 Å². The summed E-state index contributed by atoms with van der Waals surface area (Å²) < 4.78 is 26.6. The van der Waals surface area contributed by atoms with E-state index in [4.69, 9.17) is 0 Å². The van der Waals surface area contributed by atoms with E-state index in [1.54, 1.807) is 12.4 Å². The lowest BCUT2D eigenvalue weighted by atomic mass is 10.2. The van der Waals surface area contributed by atoms with Crippen LogP contribution in [0.25, 0.3) is 10.9 Å². The summed E-state index contributed by atoms with van der Waals surface area (Å²) in [6, 6.07) is 3.36. The van der Waals surface area contributed by atoms with Gasteiger partial charge in [-0.3, -0.25) is 4.98 Å². The monoisotopic (exact) mass is 397 g/mol. The van der Waals surface area contributed by atoms with Gasteiger partial charge < -0.3 is 9.80 Å². The highest BCUT2D eigenvalue weighted by Gasteiger charge is 2.30. The zero-order chi connectivity index (χ0) is 20.0. The number of aryl methyl sites for hydroxylation is 1. The van der Waals surface area contributed by atoms with E-state index in [0.717, 1.165) is 42.7 Å². The Labute approximate surface area is 166 Å². The summed E-state index contributed by atoms with van der Waals surface area (Å²) in [5.41, 5.74) is 0.646. The Hall–Kier alpha value is -2.97. The first-order valence-corrected chi connectivity index (χ1v) is 9.84. The van der Waals surface area contributed by atoms with E-state index in [1.165, 1.54) is 6.07 Å². The summed E-state index contributed by atoms with van der Waals surface area (Å²) in [5, 5.41) is 0.970. The number of hydrogen-bond acceptors (Lipinski definition) is 7. The number of nitrogens with zero attached hydrogens (tertiary/aromatic N) is 7. The van der Waals surface area contributed by atoms with Crippen molar-refractivity contribution in [3.63, 3.8) is 0 Å². The van der Waals surface area contributed by atoms with E-state index in [1.807, 2.05) is 13.0 Å². The minimum Gasteiger partial charge on any atom is -0.353 e. The van der Waals surface area contributed by atoms with Crippen molar-refractivity contribution in [2.75, 3.05) is 36.0 Å². The first-order valence-electron chi connectivity index (χ1n) is 9.84. The molecule has 5 rings (SSSR count). The van der Waals surface area contributed by atoms with Crippen molar-refractivity contribution in [3.05, 3.63) is 41.9 Å². The van der Waals surface area contributed by atoms with Crippen molar-refractivity contribution in [2.45, 2.75) is 32.1 Å². The van der Waals surface area contributed by atoms with Crippen molar-refractivity contribution >= 4 is 22.5 Å². The standard InChI is InChI=1S/C20H21F2N7/c1-12-24-16-11-23-5-4-14(16)20(25-12)29-8-6-28(7-9-29)17-10-15(18(21)22)26-19(27-17)13-2-3-13/h4-5,10-11,13,18H,2-3,6-9H2,1H3. The maximum absolute atomic E-state index is 13.3. The zero-order valence-electron chi connectivity index (χ0n) is 16.1. The van der Waals surface area contributed by atoms with Crippen LogP contribution in [0.3, 0.4) is 0 Å². The third-order valence-electron chi connectivity index (χ3n) is 5.41. The maximum Gasteiger partial charge on any atom is 0.280 e. The molecule has 0 radical (unpaired) electrons. The molecule has 1 saturated carbocycles. The third kappa shape index (κ3) is 3.56. The van der Waals surface area contributed by atoms with Crippen LogP contribution in [0.5, 0.6) is 0 Å². The maximum atomic E-state index is 13.3. The van der Waals surface area contributed by atoms with Gasteiger partial charge in [0.15, 0.2) is 0 Å². The average Bonchev–Trinajstić information content (AvgIpc) is 3.58. The third-order valence-corrected chi connectivity index (χ3v) is 5.41. The van der Waals surface area contributed by atoms with Crippen molar-refractivity contribution in [1.82, 2.24) is 24.9 Å². The Kier molecular flexibility index (Phi) is 4.44. The number of alkyl halides is 2. The molecular formula is C20H21F2N7. The van der Waals surface area contributed by atoms with Gasteiger partial charge in [0, 0.05) is 49.7 Å². The largest absolute Gasteiger partial charge is 0.353 e. The highest BCUT2D eigenvalue weighted by Crippen LogP contribution is 2.39. The molecule has 0 N–H and O–H groups in total. The van der Waals surface area contributed by atoms with E-state index in [2.05, 4.69) is 34.7 Å². The molecule has 0 aromatic carbocycles. The van der Waals surface area contributed by atoms with E-state index in [0.29, 0.717) is 30.6 Å². The summed E-state index contributed by atoms with van der Waals surface area (Å²) in [5.74, 6) is 2.99. The molecule has 1 aliphatic carbocycles. The van der Waals surface area contributed by atoms with Crippen LogP contribution >= 0.6 is 0 Å². The van der Waals surface area contributed by atoms with Crippen molar-refractivity contribution in [2.24, 2.45) is 0 Å². The lowest BCUT2D eigenvalue weighted by molar-refractivity contribution is 0.145. The molecule has 1 saturated heterocycles. The van der Waals surface area contributed by atoms with E-state index >= 15 is 0 Å². The number of pyridine rings is 1. The molecular weight excluding hydrogens is 376 g/mol. The molecule has 9 heteroatoms. The molecule has 4 heterocycles. The van der Waals surface area contributed by atoms with Crippen LogP contribution in [0.15, 0.2) is 24.5 Å². The molecule has 7 nitrogen and oxygen atoms in total. The minimum absolute atomic E-state index is 0.177. The van der Waals surface area contributed by atoms with E-state index in [-0.39, 0.29) is 11.6 Å². The number of aromatic nitrogens is 5. The Morgan fingerprint density at radius 2 is 1.76 bits per heavy atom. The molecule has 1 aliphatic heterocycles. The Morgan fingerprint density at radius 3 is 2.48 bits per heavy atom. The fraction of sp³-hybridized carbons (Fsp3) is 0.450. The van der Waals surface area contributed by atoms with Gasteiger partial charge in [-0.05, 0) is 25.8 Å². The molecule has 3 aromatic rings. The SMILES string of the molecule is Cc1nc(N2CCN(c3cc(C(F)F)nc(C4CC4)n3)CC2)c2ccncc2n1. The molecule has 0 amide bonds. The van der Waals surface area contributed by atoms with Gasteiger partial charge in [-0.1, -0.05) is 0 Å². The minimum atomic E-state index is -2.58. The van der Waals surface area contributed by atoms with Crippen LogP contribution in [0.4, 0.5) is 20.4 Å². The predicted molar refractivity (Wildman–Crippen MR) is 105 cm³/mol. The van der Waals surface area contributed by atoms with Gasteiger partial charge in [0.1, 0.15) is 29.0 Å². The van der Waals surface area contributed by atoms with Gasteiger partial charge >= 0.3 is 0 Å². The molecule has 2 fully saturated rings. The van der Waals surface area contributed by atoms with Gasteiger partial charge in [-0.15, -0.1) is 0 Å². The second-order valence-electron chi connectivity index (χ2n) is 7.55. The average molecular weight is 397 g/mol. The molecule has 0 unspecified atom stereocenters. The van der Waals surface area contributed by atoms with Gasteiger partial charge in [0.05, 0.1) is 11.7 Å². The molecule has 0 atom stereocenters. The number of fused-ring (bicyclic) bond motifs is 1. The van der Waals surface area contributed by atoms with Gasteiger partial charge in [0.25, 0.3) is 6.43 Å². The molecule has 3 aromatic heterocycles. The molecule has 0 spiro atoms. The van der Waals surface area contributed by atoms with E-state index in [9.17, 15) is 8.78 Å². The first-order chi connectivity index (χ1) is 14.1. The lowest BCUT2D eigenvalue weighted by Crippen LogP contribution is -2.47. The fourth-order valence-corrected chi connectivity index (χ4v) is 3.73. The van der Waals surface area contributed by atoms with Gasteiger partial charge in [-0.25, -0.2) is 28.7 Å². The molecule has 150 valence electrons. The predicted octanol–water partition coefficient (Wildman–Crippen LogP) is 3.26. The van der Waals surface area contributed by atoms with Crippen molar-refractivity contribution in [1.29, 1.82) is 0 Å². The lowest BCUT2D eigenvalue weighted by Gasteiger charge is -2.36. The first kappa shape index (κ1) is 18.1. The van der Waals surface area contributed by atoms with Crippen molar-refractivity contribution in [3.8, 4) is 0 Å². The smallest absolute Gasteiger partial charge is 0.280 e. The van der Waals surface area contributed by atoms with Crippen LogP contribution in [-0.4, -0.2) is 51.1 Å². The molecule has 2 aliphatic rings. The van der Waals surface area contributed by atoms with Crippen LogP contribution in [-0.2, 0) is 0 Å². The van der Waals surface area contributed by atoms with Crippen LogP contribution in [0.1, 0.15) is 42.5 Å². The molecule has 0 bridgehead atoms. The highest BCUT2D eigenvalue weighted by molar-refractivity contribution is 5.88. The summed E-state index contributed by atoms with van der Waals surface area (Å²) in [4.78, 5) is 26.2. The summed E-state index contributed by atoms with van der Waals surface area (Å²) >= 11 is 0. The summed E-state index contributed by atoms with van der Waals surface area (Å²) in [6.07, 6.45) is 2.87. The number of piperazine rings is 1. The fourth-order valence-electron chi connectivity index (χ4n) is 3.73. The molecule has 29 heavy (non-hydrogen) atoms. The Morgan fingerprint density at radius 1 is 1.00 bits per heavy atom.